The quantitative estimate of drug-likeness (QED) is 0.850. The molecule has 104 valence electrons. The molecule has 2 fully saturated rings. The highest BCUT2D eigenvalue weighted by molar-refractivity contribution is 8.18. The van der Waals surface area contributed by atoms with Crippen LogP contribution in [-0.4, -0.2) is 24.2 Å². The SMILES string of the molecule is O=C1NC(=O)/C(=C\c2ccc(N3CCCCC3)cc2)S1. The molecule has 2 aliphatic rings. The smallest absolute Gasteiger partial charge is 0.290 e. The summed E-state index contributed by atoms with van der Waals surface area (Å²) in [6.07, 6.45) is 5.58. The van der Waals surface area contributed by atoms with Crippen molar-refractivity contribution >= 4 is 34.7 Å². The van der Waals surface area contributed by atoms with E-state index in [-0.39, 0.29) is 11.1 Å². The van der Waals surface area contributed by atoms with E-state index in [2.05, 4.69) is 22.3 Å². The first kappa shape index (κ1) is 13.2. The molecule has 0 bridgehead atoms. The van der Waals surface area contributed by atoms with Crippen molar-refractivity contribution in [2.75, 3.05) is 18.0 Å². The predicted molar refractivity (Wildman–Crippen MR) is 81.6 cm³/mol. The van der Waals surface area contributed by atoms with Crippen molar-refractivity contribution in [2.45, 2.75) is 19.3 Å². The number of benzene rings is 1. The minimum Gasteiger partial charge on any atom is -0.372 e. The van der Waals surface area contributed by atoms with Gasteiger partial charge in [-0.2, -0.15) is 0 Å². The molecule has 0 unspecified atom stereocenters. The van der Waals surface area contributed by atoms with E-state index in [1.165, 1.54) is 24.9 Å². The summed E-state index contributed by atoms with van der Waals surface area (Å²) in [5.41, 5.74) is 2.17. The highest BCUT2D eigenvalue weighted by atomic mass is 32.2. The van der Waals surface area contributed by atoms with E-state index >= 15 is 0 Å². The molecule has 1 aromatic rings. The van der Waals surface area contributed by atoms with Gasteiger partial charge in [0.2, 0.25) is 0 Å². The van der Waals surface area contributed by atoms with Crippen LogP contribution in [0.1, 0.15) is 24.8 Å². The molecule has 2 amide bonds. The van der Waals surface area contributed by atoms with Crippen molar-refractivity contribution < 1.29 is 9.59 Å². The number of rotatable bonds is 2. The van der Waals surface area contributed by atoms with Gasteiger partial charge in [-0.05, 0) is 54.8 Å². The lowest BCUT2D eigenvalue weighted by Gasteiger charge is -2.28. The molecule has 0 aliphatic carbocycles. The minimum absolute atomic E-state index is 0.300. The first-order valence-electron chi connectivity index (χ1n) is 6.82. The Hall–Kier alpha value is -1.75. The topological polar surface area (TPSA) is 49.4 Å². The Kier molecular flexibility index (Phi) is 3.78. The molecule has 0 atom stereocenters. The Labute approximate surface area is 122 Å². The lowest BCUT2D eigenvalue weighted by atomic mass is 10.1. The molecule has 4 nitrogen and oxygen atoms in total. The molecule has 0 aromatic heterocycles. The Morgan fingerprint density at radius 2 is 1.75 bits per heavy atom. The molecule has 0 saturated carbocycles. The number of nitrogens with one attached hydrogen (secondary N) is 1. The van der Waals surface area contributed by atoms with Crippen molar-refractivity contribution in [1.29, 1.82) is 0 Å². The van der Waals surface area contributed by atoms with Gasteiger partial charge in [0.25, 0.3) is 11.1 Å². The summed E-state index contributed by atoms with van der Waals surface area (Å²) in [7, 11) is 0. The third-order valence-electron chi connectivity index (χ3n) is 3.55. The lowest BCUT2D eigenvalue weighted by Crippen LogP contribution is -2.29. The van der Waals surface area contributed by atoms with Crippen molar-refractivity contribution in [3.8, 4) is 0 Å². The Bertz CT molecular complexity index is 560. The van der Waals surface area contributed by atoms with Crippen LogP contribution in [0.4, 0.5) is 10.5 Å². The molecule has 1 N–H and O–H groups in total. The summed E-state index contributed by atoms with van der Waals surface area (Å²) in [5.74, 6) is -0.305. The standard InChI is InChI=1S/C15H16N2O2S/c18-14-13(20-15(19)16-14)10-11-4-6-12(7-5-11)17-8-2-1-3-9-17/h4-7,10H,1-3,8-9H2,(H,16,18,19)/b13-10+. The van der Waals surface area contributed by atoms with Crippen molar-refractivity contribution in [2.24, 2.45) is 0 Å². The van der Waals surface area contributed by atoms with E-state index in [1.54, 1.807) is 6.08 Å². The first-order chi connectivity index (χ1) is 9.72. The summed E-state index contributed by atoms with van der Waals surface area (Å²) < 4.78 is 0. The first-order valence-corrected chi connectivity index (χ1v) is 7.64. The Balaban J connectivity index is 1.74. The van der Waals surface area contributed by atoms with Crippen LogP contribution in [0, 0.1) is 0 Å². The molecule has 20 heavy (non-hydrogen) atoms. The zero-order valence-corrected chi connectivity index (χ0v) is 11.9. The van der Waals surface area contributed by atoms with Crippen LogP contribution in [0.15, 0.2) is 29.2 Å². The molecule has 0 radical (unpaired) electrons. The number of thioether (sulfide) groups is 1. The van der Waals surface area contributed by atoms with Crippen LogP contribution in [0.2, 0.25) is 0 Å². The number of anilines is 1. The van der Waals surface area contributed by atoms with E-state index < -0.39 is 0 Å². The average Bonchev–Trinajstić information content (AvgIpc) is 2.79. The maximum Gasteiger partial charge on any atom is 0.290 e. The van der Waals surface area contributed by atoms with Gasteiger partial charge >= 0.3 is 0 Å². The number of hydrogen-bond donors (Lipinski definition) is 1. The van der Waals surface area contributed by atoms with Gasteiger partial charge in [0.05, 0.1) is 4.91 Å². The van der Waals surface area contributed by atoms with Gasteiger partial charge in [-0.15, -0.1) is 0 Å². The fraction of sp³-hybridized carbons (Fsp3) is 0.333. The number of carbonyl (C=O) groups excluding carboxylic acids is 2. The number of carbonyl (C=O) groups is 2. The summed E-state index contributed by atoms with van der Waals surface area (Å²) in [4.78, 5) is 25.4. The highest BCUT2D eigenvalue weighted by Crippen LogP contribution is 2.26. The second-order valence-electron chi connectivity index (χ2n) is 4.99. The van der Waals surface area contributed by atoms with Crippen molar-refractivity contribution in [3.05, 3.63) is 34.7 Å². The fourth-order valence-corrected chi connectivity index (χ4v) is 3.19. The highest BCUT2D eigenvalue weighted by Gasteiger charge is 2.24. The van der Waals surface area contributed by atoms with Crippen molar-refractivity contribution in [1.82, 2.24) is 5.32 Å². The van der Waals surface area contributed by atoms with Crippen LogP contribution in [0.5, 0.6) is 0 Å². The van der Waals surface area contributed by atoms with Gasteiger partial charge in [-0.25, -0.2) is 0 Å². The number of piperidine rings is 1. The molecular weight excluding hydrogens is 272 g/mol. The van der Waals surface area contributed by atoms with Gasteiger partial charge < -0.3 is 4.90 Å². The van der Waals surface area contributed by atoms with E-state index in [9.17, 15) is 9.59 Å². The lowest BCUT2D eigenvalue weighted by molar-refractivity contribution is -0.115. The number of nitrogens with zero attached hydrogens (tertiary/aromatic N) is 1. The molecular formula is C15H16N2O2S. The van der Waals surface area contributed by atoms with E-state index in [4.69, 9.17) is 0 Å². The Morgan fingerprint density at radius 1 is 1.05 bits per heavy atom. The van der Waals surface area contributed by atoms with Gasteiger partial charge in [0, 0.05) is 18.8 Å². The summed E-state index contributed by atoms with van der Waals surface area (Å²) in [6.45, 7) is 2.24. The Morgan fingerprint density at radius 3 is 2.35 bits per heavy atom. The maximum atomic E-state index is 11.5. The van der Waals surface area contributed by atoms with E-state index in [1.807, 2.05) is 12.1 Å². The average molecular weight is 288 g/mol. The molecule has 2 saturated heterocycles. The fourth-order valence-electron chi connectivity index (χ4n) is 2.51. The summed E-state index contributed by atoms with van der Waals surface area (Å²) in [5, 5.41) is 1.96. The van der Waals surface area contributed by atoms with Gasteiger partial charge in [0.15, 0.2) is 0 Å². The van der Waals surface area contributed by atoms with Crippen LogP contribution in [0.25, 0.3) is 6.08 Å². The second-order valence-corrected chi connectivity index (χ2v) is 6.01. The largest absolute Gasteiger partial charge is 0.372 e. The molecule has 1 aromatic carbocycles. The molecule has 3 rings (SSSR count). The third-order valence-corrected chi connectivity index (χ3v) is 4.36. The molecule has 5 heteroatoms. The second kappa shape index (κ2) is 5.71. The predicted octanol–water partition coefficient (Wildman–Crippen LogP) is 3.00. The van der Waals surface area contributed by atoms with Crippen LogP contribution in [-0.2, 0) is 4.79 Å². The minimum atomic E-state index is -0.305. The van der Waals surface area contributed by atoms with E-state index in [0.717, 1.165) is 30.4 Å². The number of amides is 2. The molecule has 2 heterocycles. The van der Waals surface area contributed by atoms with Crippen molar-refractivity contribution in [3.63, 3.8) is 0 Å². The van der Waals surface area contributed by atoms with Crippen LogP contribution in [0.3, 0.4) is 0 Å². The van der Waals surface area contributed by atoms with Gasteiger partial charge in [-0.3, -0.25) is 14.9 Å². The third kappa shape index (κ3) is 2.88. The zero-order valence-electron chi connectivity index (χ0n) is 11.1. The number of imide groups is 1. The molecule has 2 aliphatic heterocycles. The van der Waals surface area contributed by atoms with Crippen LogP contribution >= 0.6 is 11.8 Å². The zero-order chi connectivity index (χ0) is 13.9. The normalized spacial score (nSPS) is 21.4. The van der Waals surface area contributed by atoms with Gasteiger partial charge in [0.1, 0.15) is 0 Å². The van der Waals surface area contributed by atoms with E-state index in [0.29, 0.717) is 4.91 Å². The summed E-state index contributed by atoms with van der Waals surface area (Å²) >= 11 is 0.952. The number of hydrogen-bond acceptors (Lipinski definition) is 4. The molecule has 0 spiro atoms. The van der Waals surface area contributed by atoms with Gasteiger partial charge in [-0.1, -0.05) is 12.1 Å². The monoisotopic (exact) mass is 288 g/mol. The maximum absolute atomic E-state index is 11.5. The summed E-state index contributed by atoms with van der Waals surface area (Å²) in [6, 6.07) is 8.15. The van der Waals surface area contributed by atoms with Crippen LogP contribution < -0.4 is 10.2 Å².